The largest absolute Gasteiger partial charge is 0.489 e. The third-order valence-corrected chi connectivity index (χ3v) is 4.78. The molecule has 0 spiro atoms. The zero-order valence-electron chi connectivity index (χ0n) is 17.5. The van der Waals surface area contributed by atoms with Crippen LogP contribution in [0.25, 0.3) is 0 Å². The molecule has 0 aliphatic rings. The molecule has 2 N–H and O–H groups in total. The summed E-state index contributed by atoms with van der Waals surface area (Å²) in [4.78, 5) is 15.1. The van der Waals surface area contributed by atoms with Gasteiger partial charge >= 0.3 is 5.97 Å². The predicted octanol–water partition coefficient (Wildman–Crippen LogP) is 4.53. The van der Waals surface area contributed by atoms with Crippen molar-refractivity contribution in [2.75, 3.05) is 0 Å². The minimum atomic E-state index is -0.858. The average Bonchev–Trinajstić information content (AvgIpc) is 2.79. The van der Waals surface area contributed by atoms with Gasteiger partial charge in [0.15, 0.2) is 0 Å². The molecule has 0 saturated heterocycles. The Balaban J connectivity index is 1.53. The van der Waals surface area contributed by atoms with Gasteiger partial charge in [0, 0.05) is 25.5 Å². The fourth-order valence-corrected chi connectivity index (χ4v) is 3.25. The summed E-state index contributed by atoms with van der Waals surface area (Å²) < 4.78 is 5.92. The van der Waals surface area contributed by atoms with E-state index in [9.17, 15) is 4.79 Å². The first-order valence-electron chi connectivity index (χ1n) is 10.2. The van der Waals surface area contributed by atoms with Crippen LogP contribution in [0.2, 0.25) is 0 Å². The Morgan fingerprint density at radius 2 is 1.74 bits per heavy atom. The molecular weight excluding hydrogens is 388 g/mol. The molecule has 5 heteroatoms. The number of carboxylic acid groups (broad SMARTS) is 1. The SMILES string of the molecule is CC#C[C@@H](CC(=O)O)c1ccc(OCc2cccc(CNCc3ccncc3)c2)cc1. The minimum absolute atomic E-state index is 0.0109. The van der Waals surface area contributed by atoms with Crippen molar-refractivity contribution in [2.45, 2.75) is 39.0 Å². The van der Waals surface area contributed by atoms with Crippen LogP contribution in [0.5, 0.6) is 5.75 Å². The third-order valence-electron chi connectivity index (χ3n) is 4.78. The van der Waals surface area contributed by atoms with E-state index in [1.54, 1.807) is 19.3 Å². The summed E-state index contributed by atoms with van der Waals surface area (Å²) in [6.07, 6.45) is 3.58. The fourth-order valence-electron chi connectivity index (χ4n) is 3.25. The number of aliphatic carboxylic acids is 1. The Labute approximate surface area is 183 Å². The zero-order chi connectivity index (χ0) is 21.9. The van der Waals surface area contributed by atoms with Crippen molar-refractivity contribution in [1.29, 1.82) is 0 Å². The van der Waals surface area contributed by atoms with E-state index in [2.05, 4.69) is 34.3 Å². The Hall–Kier alpha value is -3.62. The summed E-state index contributed by atoms with van der Waals surface area (Å²) >= 11 is 0. The number of hydrogen-bond acceptors (Lipinski definition) is 4. The molecule has 0 unspecified atom stereocenters. The number of ether oxygens (including phenoxy) is 1. The fraction of sp³-hybridized carbons (Fsp3) is 0.231. The Bertz CT molecular complexity index is 1040. The maximum Gasteiger partial charge on any atom is 0.304 e. The number of carboxylic acids is 1. The van der Waals surface area contributed by atoms with Gasteiger partial charge in [-0.15, -0.1) is 5.92 Å². The predicted molar refractivity (Wildman–Crippen MR) is 120 cm³/mol. The highest BCUT2D eigenvalue weighted by Crippen LogP contribution is 2.23. The van der Waals surface area contributed by atoms with Gasteiger partial charge in [0.1, 0.15) is 12.4 Å². The van der Waals surface area contributed by atoms with E-state index in [4.69, 9.17) is 9.84 Å². The standard InChI is InChI=1S/C26H26N2O3/c1-2-4-24(16-26(29)30)23-7-9-25(10-8-23)31-19-22-6-3-5-21(15-22)18-28-17-20-11-13-27-14-12-20/h3,5-15,24,28H,16-19H2,1H3,(H,29,30)/t24-/m0/s1. The van der Waals surface area contributed by atoms with Crippen molar-refractivity contribution < 1.29 is 14.6 Å². The van der Waals surface area contributed by atoms with Gasteiger partial charge in [-0.05, 0) is 53.4 Å². The summed E-state index contributed by atoms with van der Waals surface area (Å²) in [7, 11) is 0. The van der Waals surface area contributed by atoms with Crippen molar-refractivity contribution in [3.63, 3.8) is 0 Å². The van der Waals surface area contributed by atoms with Crippen LogP contribution >= 0.6 is 0 Å². The lowest BCUT2D eigenvalue weighted by Gasteiger charge is -2.11. The monoisotopic (exact) mass is 414 g/mol. The van der Waals surface area contributed by atoms with Gasteiger partial charge in [-0.2, -0.15) is 0 Å². The highest BCUT2D eigenvalue weighted by atomic mass is 16.5. The van der Waals surface area contributed by atoms with E-state index in [1.165, 1.54) is 11.1 Å². The number of hydrogen-bond donors (Lipinski definition) is 2. The Morgan fingerprint density at radius 3 is 2.45 bits per heavy atom. The molecule has 1 aromatic heterocycles. The van der Waals surface area contributed by atoms with E-state index in [1.807, 2.05) is 48.5 Å². The summed E-state index contributed by atoms with van der Waals surface area (Å²) in [5.74, 6) is 5.34. The molecule has 0 aliphatic heterocycles. The van der Waals surface area contributed by atoms with E-state index in [0.29, 0.717) is 6.61 Å². The van der Waals surface area contributed by atoms with Crippen LogP contribution < -0.4 is 10.1 Å². The van der Waals surface area contributed by atoms with Crippen LogP contribution in [-0.4, -0.2) is 16.1 Å². The van der Waals surface area contributed by atoms with Crippen molar-refractivity contribution in [3.05, 3.63) is 95.3 Å². The van der Waals surface area contributed by atoms with Crippen LogP contribution in [0.3, 0.4) is 0 Å². The molecule has 0 fully saturated rings. The molecule has 3 aromatic rings. The second-order valence-corrected chi connectivity index (χ2v) is 7.18. The van der Waals surface area contributed by atoms with Gasteiger partial charge in [-0.25, -0.2) is 0 Å². The second kappa shape index (κ2) is 11.5. The molecule has 158 valence electrons. The van der Waals surface area contributed by atoms with Gasteiger partial charge in [0.25, 0.3) is 0 Å². The lowest BCUT2D eigenvalue weighted by atomic mass is 9.96. The first-order chi connectivity index (χ1) is 15.1. The van der Waals surface area contributed by atoms with Gasteiger partial charge in [-0.1, -0.05) is 42.3 Å². The number of aromatic nitrogens is 1. The van der Waals surface area contributed by atoms with Crippen molar-refractivity contribution in [1.82, 2.24) is 10.3 Å². The topological polar surface area (TPSA) is 71.5 Å². The van der Waals surface area contributed by atoms with Crippen molar-refractivity contribution in [2.24, 2.45) is 0 Å². The number of nitrogens with one attached hydrogen (secondary N) is 1. The Kier molecular flexibility index (Phi) is 8.21. The summed E-state index contributed by atoms with van der Waals surface area (Å²) in [6.45, 7) is 3.75. The number of nitrogens with zero attached hydrogens (tertiary/aromatic N) is 1. The molecule has 0 saturated carbocycles. The summed E-state index contributed by atoms with van der Waals surface area (Å²) in [5, 5.41) is 12.5. The molecular formula is C26H26N2O3. The van der Waals surface area contributed by atoms with Gasteiger partial charge in [-0.3, -0.25) is 9.78 Å². The van der Waals surface area contributed by atoms with E-state index in [0.717, 1.165) is 30.0 Å². The molecule has 1 atom stereocenters. The molecule has 0 amide bonds. The minimum Gasteiger partial charge on any atom is -0.489 e. The first kappa shape index (κ1) is 22.1. The van der Waals surface area contributed by atoms with Gasteiger partial charge in [0.2, 0.25) is 0 Å². The normalized spacial score (nSPS) is 11.3. The number of carbonyl (C=O) groups is 1. The quantitative estimate of drug-likeness (QED) is 0.477. The zero-order valence-corrected chi connectivity index (χ0v) is 17.5. The summed E-state index contributed by atoms with van der Waals surface area (Å²) in [6, 6.07) is 19.8. The van der Waals surface area contributed by atoms with Crippen molar-refractivity contribution in [3.8, 4) is 17.6 Å². The van der Waals surface area contributed by atoms with Crippen LogP contribution in [0.4, 0.5) is 0 Å². The van der Waals surface area contributed by atoms with E-state index in [-0.39, 0.29) is 12.3 Å². The Morgan fingerprint density at radius 1 is 1.03 bits per heavy atom. The number of rotatable bonds is 10. The lowest BCUT2D eigenvalue weighted by molar-refractivity contribution is -0.137. The highest BCUT2D eigenvalue weighted by molar-refractivity contribution is 5.69. The molecule has 2 aromatic carbocycles. The molecule has 31 heavy (non-hydrogen) atoms. The molecule has 0 aliphatic carbocycles. The van der Waals surface area contributed by atoms with Gasteiger partial charge in [0.05, 0.1) is 12.3 Å². The molecule has 0 radical (unpaired) electrons. The maximum absolute atomic E-state index is 11.1. The molecule has 3 rings (SSSR count). The number of benzene rings is 2. The van der Waals surface area contributed by atoms with Gasteiger partial charge < -0.3 is 15.2 Å². The molecule has 0 bridgehead atoms. The molecule has 1 heterocycles. The maximum atomic E-state index is 11.1. The van der Waals surface area contributed by atoms with Crippen LogP contribution in [0.15, 0.2) is 73.1 Å². The van der Waals surface area contributed by atoms with Crippen LogP contribution in [-0.2, 0) is 24.5 Å². The highest BCUT2D eigenvalue weighted by Gasteiger charge is 2.13. The average molecular weight is 415 g/mol. The van der Waals surface area contributed by atoms with E-state index >= 15 is 0 Å². The second-order valence-electron chi connectivity index (χ2n) is 7.18. The number of pyridine rings is 1. The van der Waals surface area contributed by atoms with Crippen LogP contribution in [0, 0.1) is 11.8 Å². The van der Waals surface area contributed by atoms with E-state index < -0.39 is 5.97 Å². The first-order valence-corrected chi connectivity index (χ1v) is 10.2. The van der Waals surface area contributed by atoms with Crippen molar-refractivity contribution >= 4 is 5.97 Å². The smallest absolute Gasteiger partial charge is 0.304 e. The lowest BCUT2D eigenvalue weighted by Crippen LogP contribution is -2.12. The summed E-state index contributed by atoms with van der Waals surface area (Å²) in [5.41, 5.74) is 4.37. The third kappa shape index (κ3) is 7.29. The molecule has 5 nitrogen and oxygen atoms in total. The van der Waals surface area contributed by atoms with Crippen LogP contribution in [0.1, 0.15) is 41.5 Å².